The maximum absolute atomic E-state index is 11.2. The van der Waals surface area contributed by atoms with Gasteiger partial charge in [0.1, 0.15) is 0 Å². The van der Waals surface area contributed by atoms with Crippen LogP contribution in [0.3, 0.4) is 0 Å². The Kier molecular flexibility index (Phi) is 4.15. The average Bonchev–Trinajstić information content (AvgIpc) is 2.26. The molecule has 0 saturated heterocycles. The minimum Gasteiger partial charge on any atom is -0.456 e. The molecule has 7 nitrogen and oxygen atoms in total. The van der Waals surface area contributed by atoms with Crippen LogP contribution in [0.25, 0.3) is 0 Å². The molecule has 0 fully saturated rings. The standard InChI is InChI=1S/C10H10N2O5/c1-7(13)17-6-10(14)11-8-3-2-4-9(5-8)12(15)16/h2-5H,6H2,1H3,(H,11,14). The van der Waals surface area contributed by atoms with Gasteiger partial charge in [0, 0.05) is 24.7 Å². The van der Waals surface area contributed by atoms with E-state index in [0.29, 0.717) is 0 Å². The molecule has 7 heteroatoms. The van der Waals surface area contributed by atoms with Gasteiger partial charge in [-0.3, -0.25) is 19.7 Å². The Morgan fingerprint density at radius 1 is 1.47 bits per heavy atom. The predicted molar refractivity (Wildman–Crippen MR) is 58.4 cm³/mol. The zero-order chi connectivity index (χ0) is 12.8. The number of nitrogens with one attached hydrogen (secondary N) is 1. The summed E-state index contributed by atoms with van der Waals surface area (Å²) in [6.45, 7) is 0.763. The number of ether oxygens (including phenoxy) is 1. The fourth-order valence-electron chi connectivity index (χ4n) is 1.06. The Morgan fingerprint density at radius 3 is 2.76 bits per heavy atom. The Morgan fingerprint density at radius 2 is 2.18 bits per heavy atom. The molecular formula is C10H10N2O5. The van der Waals surface area contributed by atoms with Crippen LogP contribution in [0.2, 0.25) is 0 Å². The molecule has 0 spiro atoms. The number of nitrogens with zero attached hydrogens (tertiary/aromatic N) is 1. The second-order valence-electron chi connectivity index (χ2n) is 3.14. The Labute approximate surface area is 96.5 Å². The molecule has 0 saturated carbocycles. The van der Waals surface area contributed by atoms with Gasteiger partial charge in [0.05, 0.1) is 4.92 Å². The van der Waals surface area contributed by atoms with Crippen molar-refractivity contribution in [2.75, 3.05) is 11.9 Å². The summed E-state index contributed by atoms with van der Waals surface area (Å²) >= 11 is 0. The molecule has 0 unspecified atom stereocenters. The number of benzene rings is 1. The van der Waals surface area contributed by atoms with Gasteiger partial charge < -0.3 is 10.1 Å². The number of nitro groups is 1. The predicted octanol–water partition coefficient (Wildman–Crippen LogP) is 1.10. The van der Waals surface area contributed by atoms with Crippen molar-refractivity contribution >= 4 is 23.3 Å². The van der Waals surface area contributed by atoms with Crippen LogP contribution in [0.1, 0.15) is 6.92 Å². The van der Waals surface area contributed by atoms with Gasteiger partial charge in [0.15, 0.2) is 6.61 Å². The maximum Gasteiger partial charge on any atom is 0.303 e. The van der Waals surface area contributed by atoms with E-state index < -0.39 is 23.4 Å². The molecule has 1 aromatic carbocycles. The fourth-order valence-corrected chi connectivity index (χ4v) is 1.06. The number of esters is 1. The van der Waals surface area contributed by atoms with Crippen LogP contribution in [0.5, 0.6) is 0 Å². The zero-order valence-electron chi connectivity index (χ0n) is 9.00. The van der Waals surface area contributed by atoms with Gasteiger partial charge in [0.2, 0.25) is 0 Å². The molecule has 1 aromatic rings. The molecule has 0 aliphatic rings. The van der Waals surface area contributed by atoms with Gasteiger partial charge >= 0.3 is 5.97 Å². The summed E-state index contributed by atoms with van der Waals surface area (Å²) in [5, 5.41) is 12.8. The van der Waals surface area contributed by atoms with Crippen LogP contribution in [0.15, 0.2) is 24.3 Å². The van der Waals surface area contributed by atoms with Crippen LogP contribution >= 0.6 is 0 Å². The van der Waals surface area contributed by atoms with Gasteiger partial charge in [-0.15, -0.1) is 0 Å². The van der Waals surface area contributed by atoms with Crippen molar-refractivity contribution < 1.29 is 19.2 Å². The van der Waals surface area contributed by atoms with Crippen LogP contribution in [-0.2, 0) is 14.3 Å². The Hall–Kier alpha value is -2.44. The smallest absolute Gasteiger partial charge is 0.303 e. The first-order valence-corrected chi connectivity index (χ1v) is 4.66. The fraction of sp³-hybridized carbons (Fsp3) is 0.200. The maximum atomic E-state index is 11.2. The molecule has 0 aromatic heterocycles. The van der Waals surface area contributed by atoms with E-state index in [1.807, 2.05) is 0 Å². The number of anilines is 1. The van der Waals surface area contributed by atoms with Crippen molar-refractivity contribution in [3.05, 3.63) is 34.4 Å². The molecule has 1 N–H and O–H groups in total. The second-order valence-corrected chi connectivity index (χ2v) is 3.14. The average molecular weight is 238 g/mol. The lowest BCUT2D eigenvalue weighted by molar-refractivity contribution is -0.384. The van der Waals surface area contributed by atoms with Crippen LogP contribution in [0.4, 0.5) is 11.4 Å². The van der Waals surface area contributed by atoms with Crippen molar-refractivity contribution in [1.82, 2.24) is 0 Å². The highest BCUT2D eigenvalue weighted by Crippen LogP contribution is 2.16. The summed E-state index contributed by atoms with van der Waals surface area (Å²) in [5.74, 6) is -1.13. The minimum atomic E-state index is -0.570. The first-order valence-electron chi connectivity index (χ1n) is 4.66. The first kappa shape index (κ1) is 12.6. The van der Waals surface area contributed by atoms with E-state index in [1.165, 1.54) is 31.2 Å². The molecule has 0 aliphatic carbocycles. The van der Waals surface area contributed by atoms with E-state index in [2.05, 4.69) is 10.1 Å². The summed E-state index contributed by atoms with van der Waals surface area (Å²) in [6.07, 6.45) is 0. The van der Waals surface area contributed by atoms with Crippen LogP contribution in [-0.4, -0.2) is 23.4 Å². The molecule has 0 radical (unpaired) electrons. The van der Waals surface area contributed by atoms with E-state index in [9.17, 15) is 19.7 Å². The molecule has 0 aliphatic heterocycles. The summed E-state index contributed by atoms with van der Waals surface area (Å²) in [4.78, 5) is 31.6. The lowest BCUT2D eigenvalue weighted by atomic mass is 10.3. The first-order chi connectivity index (χ1) is 7.99. The van der Waals surface area contributed by atoms with Crippen molar-refractivity contribution in [2.45, 2.75) is 6.92 Å². The van der Waals surface area contributed by atoms with Crippen LogP contribution in [0, 0.1) is 10.1 Å². The molecule has 0 heterocycles. The number of amides is 1. The number of non-ortho nitro benzene ring substituents is 1. The highest BCUT2D eigenvalue weighted by atomic mass is 16.6. The van der Waals surface area contributed by atoms with Gasteiger partial charge in [-0.25, -0.2) is 0 Å². The minimum absolute atomic E-state index is 0.129. The number of hydrogen-bond acceptors (Lipinski definition) is 5. The quantitative estimate of drug-likeness (QED) is 0.481. The van der Waals surface area contributed by atoms with E-state index >= 15 is 0 Å². The number of nitro benzene ring substituents is 1. The van der Waals surface area contributed by atoms with E-state index in [-0.39, 0.29) is 11.4 Å². The third-order valence-corrected chi connectivity index (χ3v) is 1.75. The molecule has 1 amide bonds. The number of carbonyl (C=O) groups is 2. The summed E-state index contributed by atoms with van der Waals surface area (Å²) in [6, 6.07) is 5.46. The lowest BCUT2D eigenvalue weighted by Gasteiger charge is -2.04. The Balaban J connectivity index is 2.62. The van der Waals surface area contributed by atoms with Crippen molar-refractivity contribution in [3.8, 4) is 0 Å². The van der Waals surface area contributed by atoms with Crippen molar-refractivity contribution in [2.24, 2.45) is 0 Å². The molecule has 0 bridgehead atoms. The topological polar surface area (TPSA) is 98.5 Å². The molecule has 17 heavy (non-hydrogen) atoms. The lowest BCUT2D eigenvalue weighted by Crippen LogP contribution is -2.19. The summed E-state index contributed by atoms with van der Waals surface area (Å²) in [7, 11) is 0. The molecule has 1 rings (SSSR count). The number of rotatable bonds is 4. The van der Waals surface area contributed by atoms with E-state index in [0.717, 1.165) is 0 Å². The summed E-state index contributed by atoms with van der Waals surface area (Å²) < 4.78 is 4.47. The molecule has 0 atom stereocenters. The van der Waals surface area contributed by atoms with Crippen LogP contribution < -0.4 is 5.32 Å². The van der Waals surface area contributed by atoms with E-state index in [1.54, 1.807) is 0 Å². The largest absolute Gasteiger partial charge is 0.456 e. The summed E-state index contributed by atoms with van der Waals surface area (Å²) in [5.41, 5.74) is 0.145. The van der Waals surface area contributed by atoms with Crippen molar-refractivity contribution in [3.63, 3.8) is 0 Å². The third kappa shape index (κ3) is 4.29. The molecular weight excluding hydrogens is 228 g/mol. The van der Waals surface area contributed by atoms with Gasteiger partial charge in [-0.05, 0) is 6.07 Å². The number of hydrogen-bond donors (Lipinski definition) is 1. The van der Waals surface area contributed by atoms with Gasteiger partial charge in [0.25, 0.3) is 11.6 Å². The SMILES string of the molecule is CC(=O)OCC(=O)Nc1cccc([N+](=O)[O-])c1. The van der Waals surface area contributed by atoms with Gasteiger partial charge in [-0.1, -0.05) is 6.07 Å². The van der Waals surface area contributed by atoms with E-state index in [4.69, 9.17) is 0 Å². The Bertz CT molecular complexity index is 458. The normalized spacial score (nSPS) is 9.47. The second kappa shape index (κ2) is 5.59. The highest BCUT2D eigenvalue weighted by molar-refractivity contribution is 5.92. The third-order valence-electron chi connectivity index (χ3n) is 1.75. The highest BCUT2D eigenvalue weighted by Gasteiger charge is 2.08. The monoisotopic (exact) mass is 238 g/mol. The number of carbonyl (C=O) groups excluding carboxylic acids is 2. The van der Waals surface area contributed by atoms with Crippen molar-refractivity contribution in [1.29, 1.82) is 0 Å². The molecule has 90 valence electrons. The zero-order valence-corrected chi connectivity index (χ0v) is 9.00. The van der Waals surface area contributed by atoms with Gasteiger partial charge in [-0.2, -0.15) is 0 Å².